The lowest BCUT2D eigenvalue weighted by atomic mass is 9.83. The van der Waals surface area contributed by atoms with Gasteiger partial charge in [0.05, 0.1) is 6.10 Å². The summed E-state index contributed by atoms with van der Waals surface area (Å²) < 4.78 is 5.07. The summed E-state index contributed by atoms with van der Waals surface area (Å²) in [6.45, 7) is 19.9. The standard InChI is InChI=1S/C36H55NO5S/c1-23(18-25(3)14-16-31-27(5)15-17-33(39)42-31)12-11-13-24(2)19-28(6)34(40)30(8)35(41)29(7)20-26(4)21-32(38)37-22-36(9,10)43/h11,13-19,21,23,27-31,35,41,43H,12,20,22H2,1-10H3,(H,37,38)/t23?,27-,28?,29?,30?,31-,35+/m0/s1. The van der Waals surface area contributed by atoms with Gasteiger partial charge in [0.2, 0.25) is 5.91 Å². The van der Waals surface area contributed by atoms with E-state index >= 15 is 0 Å². The van der Waals surface area contributed by atoms with Crippen molar-refractivity contribution >= 4 is 30.3 Å². The minimum atomic E-state index is -0.809. The molecule has 43 heavy (non-hydrogen) atoms. The Hall–Kier alpha value is -2.64. The number of Topliss-reactive ketones (excluding diaryl/α,β-unsaturated/α-hetero) is 1. The van der Waals surface area contributed by atoms with Crippen molar-refractivity contribution < 1.29 is 24.2 Å². The third-order valence-corrected chi connectivity index (χ3v) is 7.67. The molecule has 0 aromatic rings. The number of cyclic esters (lactones) is 1. The Balaban J connectivity index is 2.63. The van der Waals surface area contributed by atoms with Gasteiger partial charge in [0.1, 0.15) is 11.9 Å². The quantitative estimate of drug-likeness (QED) is 0.0745. The predicted octanol–water partition coefficient (Wildman–Crippen LogP) is 7.13. The molecule has 1 heterocycles. The third-order valence-electron chi connectivity index (χ3n) is 7.51. The Morgan fingerprint density at radius 2 is 1.72 bits per heavy atom. The van der Waals surface area contributed by atoms with Gasteiger partial charge in [0, 0.05) is 41.2 Å². The highest BCUT2D eigenvalue weighted by Gasteiger charge is 2.29. The summed E-state index contributed by atoms with van der Waals surface area (Å²) in [5.41, 5.74) is 2.96. The molecule has 240 valence electrons. The van der Waals surface area contributed by atoms with Gasteiger partial charge in [-0.25, -0.2) is 4.79 Å². The van der Waals surface area contributed by atoms with E-state index < -0.39 is 12.0 Å². The van der Waals surface area contributed by atoms with Crippen LogP contribution in [0.5, 0.6) is 0 Å². The van der Waals surface area contributed by atoms with Gasteiger partial charge in [-0.3, -0.25) is 9.59 Å². The molecule has 6 nitrogen and oxygen atoms in total. The van der Waals surface area contributed by atoms with E-state index in [1.54, 1.807) is 13.0 Å². The van der Waals surface area contributed by atoms with Crippen molar-refractivity contribution in [3.63, 3.8) is 0 Å². The number of hydrogen-bond acceptors (Lipinski definition) is 6. The van der Waals surface area contributed by atoms with Crippen molar-refractivity contribution in [1.29, 1.82) is 0 Å². The molecule has 0 aromatic carbocycles. The lowest BCUT2D eigenvalue weighted by molar-refractivity contribution is -0.143. The number of ether oxygens (including phenoxy) is 1. The Kier molecular flexibility index (Phi) is 16.3. The van der Waals surface area contributed by atoms with Crippen molar-refractivity contribution in [2.75, 3.05) is 6.54 Å². The van der Waals surface area contributed by atoms with Crippen LogP contribution in [0.15, 0.2) is 71.4 Å². The molecule has 0 aromatic heterocycles. The first-order valence-electron chi connectivity index (χ1n) is 15.4. The largest absolute Gasteiger partial charge is 0.454 e. The molecule has 0 saturated carbocycles. The molecule has 1 aliphatic rings. The third kappa shape index (κ3) is 15.6. The Bertz CT molecular complexity index is 1140. The van der Waals surface area contributed by atoms with Gasteiger partial charge in [0.15, 0.2) is 0 Å². The summed E-state index contributed by atoms with van der Waals surface area (Å²) in [5, 5.41) is 13.8. The van der Waals surface area contributed by atoms with Crippen molar-refractivity contribution in [1.82, 2.24) is 5.32 Å². The first kappa shape index (κ1) is 38.4. The molecule has 2 N–H and O–H groups in total. The second-order valence-electron chi connectivity index (χ2n) is 13.1. The number of nitrogens with one attached hydrogen (secondary N) is 1. The van der Waals surface area contributed by atoms with Gasteiger partial charge in [-0.2, -0.15) is 12.6 Å². The Morgan fingerprint density at radius 3 is 2.35 bits per heavy atom. The van der Waals surface area contributed by atoms with Gasteiger partial charge < -0.3 is 15.2 Å². The van der Waals surface area contributed by atoms with Crippen LogP contribution in [0.1, 0.15) is 82.1 Å². The lowest BCUT2D eigenvalue weighted by Crippen LogP contribution is -2.34. The van der Waals surface area contributed by atoms with Gasteiger partial charge in [-0.1, -0.05) is 87.8 Å². The van der Waals surface area contributed by atoms with Crippen LogP contribution in [-0.2, 0) is 19.1 Å². The number of esters is 1. The van der Waals surface area contributed by atoms with Crippen LogP contribution >= 0.6 is 12.6 Å². The van der Waals surface area contributed by atoms with E-state index in [4.69, 9.17) is 4.74 Å². The molecule has 0 fully saturated rings. The predicted molar refractivity (Wildman–Crippen MR) is 181 cm³/mol. The molecule has 0 aliphatic carbocycles. The fourth-order valence-corrected chi connectivity index (χ4v) is 5.08. The van der Waals surface area contributed by atoms with Crippen LogP contribution < -0.4 is 5.32 Å². The Labute approximate surface area is 265 Å². The van der Waals surface area contributed by atoms with Gasteiger partial charge in [0.25, 0.3) is 0 Å². The van der Waals surface area contributed by atoms with Crippen LogP contribution in [0.25, 0.3) is 0 Å². The van der Waals surface area contributed by atoms with E-state index in [2.05, 4.69) is 37.0 Å². The van der Waals surface area contributed by atoms with E-state index in [-0.39, 0.29) is 46.3 Å². The smallest absolute Gasteiger partial charge is 0.331 e. The Morgan fingerprint density at radius 1 is 1.09 bits per heavy atom. The summed E-state index contributed by atoms with van der Waals surface area (Å²) >= 11 is 4.42. The molecule has 1 rings (SSSR count). The van der Waals surface area contributed by atoms with E-state index in [1.807, 2.05) is 85.8 Å². The molecule has 7 atom stereocenters. The first-order valence-corrected chi connectivity index (χ1v) is 15.8. The van der Waals surface area contributed by atoms with Crippen LogP contribution in [0.4, 0.5) is 0 Å². The number of ketones is 1. The summed E-state index contributed by atoms with van der Waals surface area (Å²) in [6, 6.07) is 0. The first-order chi connectivity index (χ1) is 19.9. The monoisotopic (exact) mass is 613 g/mol. The summed E-state index contributed by atoms with van der Waals surface area (Å²) in [7, 11) is 0. The topological polar surface area (TPSA) is 92.7 Å². The number of thiol groups is 1. The summed E-state index contributed by atoms with van der Waals surface area (Å²) in [6.07, 6.45) is 17.4. The maximum Gasteiger partial charge on any atom is 0.331 e. The molecule has 7 heteroatoms. The van der Waals surface area contributed by atoms with Crippen LogP contribution in [0.2, 0.25) is 0 Å². The molecule has 1 amide bonds. The molecule has 0 radical (unpaired) electrons. The normalized spacial score (nSPS) is 22.3. The summed E-state index contributed by atoms with van der Waals surface area (Å²) in [5.74, 6) is -1.05. The number of amides is 1. The summed E-state index contributed by atoms with van der Waals surface area (Å²) in [4.78, 5) is 36.8. The molecule has 1 aliphatic heterocycles. The van der Waals surface area contributed by atoms with E-state index in [0.29, 0.717) is 18.9 Å². The van der Waals surface area contributed by atoms with Crippen molar-refractivity contribution in [3.05, 3.63) is 71.4 Å². The van der Waals surface area contributed by atoms with E-state index in [1.165, 1.54) is 6.08 Å². The number of rotatable bonds is 16. The second kappa shape index (κ2) is 18.2. The van der Waals surface area contributed by atoms with E-state index in [9.17, 15) is 19.5 Å². The zero-order valence-electron chi connectivity index (χ0n) is 27.9. The number of carbonyl (C=O) groups excluding carboxylic acids is 3. The molecule has 0 saturated heterocycles. The minimum absolute atomic E-state index is 0.00495. The fourth-order valence-electron chi connectivity index (χ4n) is 5.00. The van der Waals surface area contributed by atoms with Crippen LogP contribution in [0, 0.1) is 29.6 Å². The van der Waals surface area contributed by atoms with Crippen LogP contribution in [0.3, 0.4) is 0 Å². The fraction of sp³-hybridized carbons (Fsp3) is 0.583. The highest BCUT2D eigenvalue weighted by Crippen LogP contribution is 2.24. The number of hydrogen-bond donors (Lipinski definition) is 3. The molecule has 0 spiro atoms. The number of aliphatic hydroxyl groups is 1. The maximum atomic E-state index is 13.1. The minimum Gasteiger partial charge on any atom is -0.454 e. The zero-order chi connectivity index (χ0) is 32.9. The number of allylic oxidation sites excluding steroid dienone is 8. The van der Waals surface area contributed by atoms with Crippen molar-refractivity contribution in [2.24, 2.45) is 29.6 Å². The highest BCUT2D eigenvalue weighted by molar-refractivity contribution is 7.81. The molecule has 4 unspecified atom stereocenters. The maximum absolute atomic E-state index is 13.1. The van der Waals surface area contributed by atoms with Gasteiger partial charge in [-0.05, 0) is 65.4 Å². The highest BCUT2D eigenvalue weighted by atomic mass is 32.1. The van der Waals surface area contributed by atoms with E-state index in [0.717, 1.165) is 23.1 Å². The SMILES string of the molecule is CC(C=C[C@@H]1OC(=O)C=C[C@@H]1C)=CC(C)CC=CC(C)=CC(C)C(=O)C(C)[C@H](O)C(C)CC(C)=CC(=O)NCC(C)(C)S. The lowest BCUT2D eigenvalue weighted by Gasteiger charge is -2.26. The number of carbonyl (C=O) groups is 3. The molecular formula is C36H55NO5S. The number of aliphatic hydroxyl groups excluding tert-OH is 1. The van der Waals surface area contributed by atoms with Gasteiger partial charge >= 0.3 is 5.97 Å². The van der Waals surface area contributed by atoms with Crippen LogP contribution in [-0.4, -0.2) is 46.3 Å². The van der Waals surface area contributed by atoms with Gasteiger partial charge in [-0.15, -0.1) is 0 Å². The molecule has 0 bridgehead atoms. The second-order valence-corrected chi connectivity index (χ2v) is 14.3. The van der Waals surface area contributed by atoms with Crippen molar-refractivity contribution in [2.45, 2.75) is 99.0 Å². The average molecular weight is 614 g/mol. The average Bonchev–Trinajstić information content (AvgIpc) is 2.90. The molecular weight excluding hydrogens is 558 g/mol. The zero-order valence-corrected chi connectivity index (χ0v) is 28.8. The van der Waals surface area contributed by atoms with Crippen molar-refractivity contribution in [3.8, 4) is 0 Å².